The highest BCUT2D eigenvalue weighted by Gasteiger charge is 2.26. The first-order valence-electron chi connectivity index (χ1n) is 9.75. The van der Waals surface area contributed by atoms with Crippen molar-refractivity contribution in [2.24, 2.45) is 0 Å². The van der Waals surface area contributed by atoms with Gasteiger partial charge in [-0.3, -0.25) is 14.6 Å². The van der Waals surface area contributed by atoms with E-state index in [0.29, 0.717) is 13.1 Å². The summed E-state index contributed by atoms with van der Waals surface area (Å²) >= 11 is 0. The van der Waals surface area contributed by atoms with Gasteiger partial charge < -0.3 is 5.32 Å². The summed E-state index contributed by atoms with van der Waals surface area (Å²) in [4.78, 5) is 16.4. The maximum atomic E-state index is 12.6. The Bertz CT molecular complexity index is 930. The van der Waals surface area contributed by atoms with Crippen molar-refractivity contribution in [2.75, 3.05) is 39.3 Å². The van der Waals surface area contributed by atoms with Crippen molar-refractivity contribution in [3.63, 3.8) is 0 Å². The summed E-state index contributed by atoms with van der Waals surface area (Å²) in [5.41, 5.74) is 1.53. The first-order chi connectivity index (χ1) is 14.4. The molecule has 0 saturated carbocycles. The molecule has 1 aliphatic rings. The van der Waals surface area contributed by atoms with Gasteiger partial charge in [-0.15, -0.1) is 0 Å². The minimum atomic E-state index is -4.65. The summed E-state index contributed by atoms with van der Waals surface area (Å²) in [6.45, 7) is 5.86. The van der Waals surface area contributed by atoms with Crippen LogP contribution in [0, 0.1) is 0 Å². The van der Waals surface area contributed by atoms with E-state index in [4.69, 9.17) is 0 Å². The lowest BCUT2D eigenvalue weighted by Crippen LogP contribution is -2.48. The Hall–Kier alpha value is -2.36. The molecular weight excluding hydrogens is 412 g/mol. The van der Waals surface area contributed by atoms with E-state index >= 15 is 0 Å². The normalized spacial score (nSPS) is 16.0. The molecule has 0 bridgehead atoms. The van der Waals surface area contributed by atoms with Crippen LogP contribution < -0.4 is 5.32 Å². The van der Waals surface area contributed by atoms with Crippen LogP contribution in [0.2, 0.25) is 0 Å². The average molecular weight is 438 g/mol. The number of benzene rings is 2. The Labute approximate surface area is 175 Å². The monoisotopic (exact) mass is 437 g/mol. The number of piperazine rings is 1. The van der Waals surface area contributed by atoms with Gasteiger partial charge in [0.15, 0.2) is 0 Å². The number of hydrogen-bond donors (Lipinski definition) is 1. The van der Waals surface area contributed by atoms with Crippen molar-refractivity contribution in [2.45, 2.75) is 17.2 Å². The van der Waals surface area contributed by atoms with Gasteiger partial charge in [0.1, 0.15) is 0 Å². The second-order valence-electron chi connectivity index (χ2n) is 7.19. The molecule has 30 heavy (non-hydrogen) atoms. The minimum Gasteiger partial charge on any atom is -0.351 e. The first kappa shape index (κ1) is 22.3. The highest BCUT2D eigenvalue weighted by atomic mass is 32.2. The van der Waals surface area contributed by atoms with E-state index in [0.717, 1.165) is 44.9 Å². The number of nitrogens with one attached hydrogen (secondary N) is 1. The number of amides is 1. The molecule has 2 aromatic carbocycles. The lowest BCUT2D eigenvalue weighted by atomic mass is 10.2. The largest absolute Gasteiger partial charge is 0.351 e. The van der Waals surface area contributed by atoms with Crippen molar-refractivity contribution in [3.05, 3.63) is 65.7 Å². The van der Waals surface area contributed by atoms with Gasteiger partial charge in [-0.25, -0.2) is 8.42 Å². The lowest BCUT2D eigenvalue weighted by Gasteiger charge is -2.34. The number of carbonyl (C=O) groups is 1. The number of carbonyl (C=O) groups excluding carboxylic acids is 1. The number of alkyl halides is 2. The lowest BCUT2D eigenvalue weighted by molar-refractivity contribution is 0.0934. The van der Waals surface area contributed by atoms with Gasteiger partial charge in [0.2, 0.25) is 9.84 Å². The topological polar surface area (TPSA) is 69.7 Å². The molecule has 0 spiro atoms. The zero-order chi connectivity index (χ0) is 21.6. The molecule has 0 aromatic heterocycles. The van der Waals surface area contributed by atoms with E-state index < -0.39 is 20.5 Å². The second-order valence-corrected chi connectivity index (χ2v) is 9.11. The maximum Gasteiger partial charge on any atom is 0.341 e. The highest BCUT2D eigenvalue weighted by Crippen LogP contribution is 2.18. The summed E-state index contributed by atoms with van der Waals surface area (Å²) < 4.78 is 48.0. The van der Waals surface area contributed by atoms with Crippen molar-refractivity contribution < 1.29 is 22.0 Å². The zero-order valence-electron chi connectivity index (χ0n) is 16.5. The molecule has 162 valence electrons. The van der Waals surface area contributed by atoms with Gasteiger partial charge in [-0.2, -0.15) is 8.78 Å². The van der Waals surface area contributed by atoms with Gasteiger partial charge in [0.05, 0.1) is 4.90 Å². The van der Waals surface area contributed by atoms with Gasteiger partial charge >= 0.3 is 5.76 Å². The molecule has 1 fully saturated rings. The summed E-state index contributed by atoms with van der Waals surface area (Å²) in [6.07, 6.45) is 0. The molecule has 0 unspecified atom stereocenters. The van der Waals surface area contributed by atoms with Crippen LogP contribution in [-0.2, 0) is 16.4 Å². The first-order valence-corrected chi connectivity index (χ1v) is 11.3. The Morgan fingerprint density at radius 3 is 2.13 bits per heavy atom. The molecule has 9 heteroatoms. The number of rotatable bonds is 8. The number of hydrogen-bond acceptors (Lipinski definition) is 5. The molecule has 1 amide bonds. The van der Waals surface area contributed by atoms with E-state index in [1.54, 1.807) is 0 Å². The van der Waals surface area contributed by atoms with Gasteiger partial charge in [0.25, 0.3) is 5.91 Å². The van der Waals surface area contributed by atoms with E-state index in [1.165, 1.54) is 17.7 Å². The van der Waals surface area contributed by atoms with Crippen LogP contribution in [0.4, 0.5) is 8.78 Å². The quantitative estimate of drug-likeness (QED) is 0.686. The molecule has 1 heterocycles. The summed E-state index contributed by atoms with van der Waals surface area (Å²) in [6, 6.07) is 14.9. The Morgan fingerprint density at radius 1 is 0.933 bits per heavy atom. The summed E-state index contributed by atoms with van der Waals surface area (Å²) in [5, 5.41) is 2.79. The van der Waals surface area contributed by atoms with Crippen LogP contribution in [-0.4, -0.2) is 69.2 Å². The van der Waals surface area contributed by atoms with Gasteiger partial charge in [0, 0.05) is 51.4 Å². The van der Waals surface area contributed by atoms with Crippen LogP contribution in [0.5, 0.6) is 0 Å². The van der Waals surface area contributed by atoms with Crippen molar-refractivity contribution in [3.8, 4) is 0 Å². The third-order valence-electron chi connectivity index (χ3n) is 5.11. The molecule has 6 nitrogen and oxygen atoms in total. The molecular formula is C21H25F2N3O3S. The minimum absolute atomic E-state index is 0.232. The fourth-order valence-electron chi connectivity index (χ4n) is 3.34. The molecule has 0 atom stereocenters. The molecule has 1 aliphatic heterocycles. The number of nitrogens with zero attached hydrogens (tertiary/aromatic N) is 2. The Balaban J connectivity index is 1.40. The van der Waals surface area contributed by atoms with Crippen molar-refractivity contribution >= 4 is 15.7 Å². The maximum absolute atomic E-state index is 12.6. The molecule has 0 radical (unpaired) electrons. The standard InChI is InChI=1S/C21H25F2N3O3S/c22-21(23)30(28,29)19-8-6-18(7-9-19)20(27)24-10-11-25-12-14-26(15-13-25)16-17-4-2-1-3-5-17/h1-9,21H,10-16H2,(H,24,27). The van der Waals surface area contributed by atoms with E-state index in [2.05, 4.69) is 27.2 Å². The van der Waals surface area contributed by atoms with E-state index in [1.807, 2.05) is 18.2 Å². The van der Waals surface area contributed by atoms with E-state index in [-0.39, 0.29) is 11.5 Å². The van der Waals surface area contributed by atoms with Gasteiger partial charge in [-0.1, -0.05) is 30.3 Å². The molecule has 1 saturated heterocycles. The van der Waals surface area contributed by atoms with Gasteiger partial charge in [-0.05, 0) is 29.8 Å². The van der Waals surface area contributed by atoms with Crippen LogP contribution in [0.3, 0.4) is 0 Å². The fourth-order valence-corrected chi connectivity index (χ4v) is 4.06. The van der Waals surface area contributed by atoms with Crippen LogP contribution in [0.25, 0.3) is 0 Å². The SMILES string of the molecule is O=C(NCCN1CCN(Cc2ccccc2)CC1)c1ccc(S(=O)(=O)C(F)F)cc1. The predicted molar refractivity (Wildman–Crippen MR) is 110 cm³/mol. The van der Waals surface area contributed by atoms with E-state index in [9.17, 15) is 22.0 Å². The smallest absolute Gasteiger partial charge is 0.341 e. The molecule has 3 rings (SSSR count). The number of sulfone groups is 1. The third-order valence-corrected chi connectivity index (χ3v) is 6.51. The molecule has 2 aromatic rings. The Kier molecular flexibility index (Phi) is 7.52. The average Bonchev–Trinajstić information content (AvgIpc) is 2.75. The van der Waals surface area contributed by atoms with Crippen molar-refractivity contribution in [1.29, 1.82) is 0 Å². The van der Waals surface area contributed by atoms with Crippen LogP contribution in [0.15, 0.2) is 59.5 Å². The highest BCUT2D eigenvalue weighted by molar-refractivity contribution is 7.91. The molecule has 1 N–H and O–H groups in total. The van der Waals surface area contributed by atoms with Crippen molar-refractivity contribution in [1.82, 2.24) is 15.1 Å². The summed E-state index contributed by atoms with van der Waals surface area (Å²) in [7, 11) is -4.65. The third kappa shape index (κ3) is 5.84. The summed E-state index contributed by atoms with van der Waals surface area (Å²) in [5.74, 6) is -3.84. The molecule has 0 aliphatic carbocycles. The Morgan fingerprint density at radius 2 is 1.53 bits per heavy atom. The van der Waals surface area contributed by atoms with Crippen LogP contribution >= 0.6 is 0 Å². The second kappa shape index (κ2) is 10.1. The zero-order valence-corrected chi connectivity index (χ0v) is 17.3. The predicted octanol–water partition coefficient (Wildman–Crippen LogP) is 2.23. The number of halogens is 2. The fraction of sp³-hybridized carbons (Fsp3) is 0.381. The van der Waals surface area contributed by atoms with Crippen LogP contribution in [0.1, 0.15) is 15.9 Å².